The molecule has 210 valence electrons. The molecule has 15 heteroatoms. The van der Waals surface area contributed by atoms with Crippen LogP contribution < -0.4 is 5.32 Å². The fourth-order valence-corrected chi connectivity index (χ4v) is 4.76. The number of nitrogens with one attached hydrogen (secondary N) is 1. The van der Waals surface area contributed by atoms with Gasteiger partial charge in [-0.05, 0) is 18.4 Å². The van der Waals surface area contributed by atoms with Crippen molar-refractivity contribution < 1.29 is 51.9 Å². The molecule has 0 bridgehead atoms. The molecule has 2 aliphatic rings. The number of hydrogen-bond acceptors (Lipinski definition) is 10. The molecule has 2 unspecified atom stereocenters. The number of carbonyl (C=O) groups is 4. The van der Waals surface area contributed by atoms with Gasteiger partial charge < -0.3 is 24.4 Å². The molecule has 0 spiro atoms. The van der Waals surface area contributed by atoms with E-state index in [-0.39, 0.29) is 38.6 Å². The summed E-state index contributed by atoms with van der Waals surface area (Å²) in [6, 6.07) is 8.05. The Morgan fingerprint density at radius 3 is 2.51 bits per heavy atom. The van der Waals surface area contributed by atoms with Gasteiger partial charge >= 0.3 is 14.0 Å². The Hall–Kier alpha value is -3.03. The maximum Gasteiger partial charge on any atom is 0.508 e. The third-order valence-corrected chi connectivity index (χ3v) is 7.06. The number of phosphoric ester groups is 1. The Kier molecular flexibility index (Phi) is 11.3. The first-order chi connectivity index (χ1) is 18.6. The number of benzene rings is 1. The van der Waals surface area contributed by atoms with E-state index < -0.39 is 49.9 Å². The number of ether oxygens (including phenoxy) is 3. The van der Waals surface area contributed by atoms with E-state index in [0.29, 0.717) is 12.8 Å². The van der Waals surface area contributed by atoms with Crippen molar-refractivity contribution in [3.8, 4) is 0 Å². The summed E-state index contributed by atoms with van der Waals surface area (Å²) in [5, 5.41) is 2.68. The molecule has 1 aromatic rings. The molecule has 1 aromatic carbocycles. The van der Waals surface area contributed by atoms with E-state index in [4.69, 9.17) is 26.6 Å². The van der Waals surface area contributed by atoms with E-state index in [0.717, 1.165) is 29.7 Å². The van der Waals surface area contributed by atoms with E-state index >= 15 is 0 Å². The molecule has 0 saturated carbocycles. The van der Waals surface area contributed by atoms with Crippen LogP contribution in [0.4, 0.5) is 4.79 Å². The van der Waals surface area contributed by atoms with E-state index in [1.807, 2.05) is 6.07 Å². The molecule has 1 saturated heterocycles. The van der Waals surface area contributed by atoms with E-state index in [1.54, 1.807) is 24.3 Å². The molecule has 3 amide bonds. The van der Waals surface area contributed by atoms with Crippen molar-refractivity contribution in [1.82, 2.24) is 10.2 Å². The van der Waals surface area contributed by atoms with Crippen molar-refractivity contribution >= 4 is 39.5 Å². The fraction of sp³-hybridized carbons (Fsp3) is 0.500. The van der Waals surface area contributed by atoms with Crippen LogP contribution in [0.5, 0.6) is 0 Å². The molecule has 2 N–H and O–H groups in total. The minimum Gasteiger partial charge on any atom is -0.431 e. The van der Waals surface area contributed by atoms with Crippen molar-refractivity contribution in [3.63, 3.8) is 0 Å². The smallest absolute Gasteiger partial charge is 0.431 e. The Balaban J connectivity index is 1.46. The second-order valence-electron chi connectivity index (χ2n) is 8.76. The second kappa shape index (κ2) is 14.4. The van der Waals surface area contributed by atoms with Crippen molar-refractivity contribution in [3.05, 3.63) is 48.0 Å². The Bertz CT molecular complexity index is 1080. The van der Waals surface area contributed by atoms with Crippen molar-refractivity contribution in [1.29, 1.82) is 0 Å². The highest BCUT2D eigenvalue weighted by Gasteiger charge is 2.46. The highest BCUT2D eigenvalue weighted by atomic mass is 31.2. The van der Waals surface area contributed by atoms with E-state index in [2.05, 4.69) is 9.84 Å². The van der Waals surface area contributed by atoms with Crippen LogP contribution in [-0.2, 0) is 48.8 Å². The first kappa shape index (κ1) is 30.5. The van der Waals surface area contributed by atoms with Crippen LogP contribution in [0.2, 0.25) is 0 Å². The highest BCUT2D eigenvalue weighted by Crippen LogP contribution is 2.48. The van der Waals surface area contributed by atoms with Gasteiger partial charge in [0.05, 0.1) is 0 Å². The van der Waals surface area contributed by atoms with Crippen LogP contribution in [0, 0.1) is 5.92 Å². The molecule has 39 heavy (non-hydrogen) atoms. The lowest BCUT2D eigenvalue weighted by Gasteiger charge is -2.25. The molecule has 0 aromatic heterocycles. The van der Waals surface area contributed by atoms with Gasteiger partial charge in [0.2, 0.25) is 5.91 Å². The number of amides is 3. The zero-order valence-electron chi connectivity index (χ0n) is 21.3. The van der Waals surface area contributed by atoms with Gasteiger partial charge in [0.15, 0.2) is 0 Å². The molecule has 2 radical (unpaired) electrons. The minimum absolute atomic E-state index is 0.00393. The van der Waals surface area contributed by atoms with Gasteiger partial charge in [-0.2, -0.15) is 0 Å². The van der Waals surface area contributed by atoms with E-state index in [1.165, 1.54) is 0 Å². The second-order valence-corrected chi connectivity index (χ2v) is 10.3. The van der Waals surface area contributed by atoms with E-state index in [9.17, 15) is 28.6 Å². The summed E-state index contributed by atoms with van der Waals surface area (Å²) in [6.45, 7) is -0.170. The molecule has 5 atom stereocenters. The maximum absolute atomic E-state index is 12.1. The number of phosphoric acid groups is 1. The van der Waals surface area contributed by atoms with Crippen LogP contribution >= 0.6 is 7.82 Å². The van der Waals surface area contributed by atoms with Gasteiger partial charge in [0.1, 0.15) is 33.3 Å². The van der Waals surface area contributed by atoms with Gasteiger partial charge in [0.25, 0.3) is 11.8 Å². The summed E-state index contributed by atoms with van der Waals surface area (Å²) in [4.78, 5) is 58.1. The molecule has 2 heterocycles. The van der Waals surface area contributed by atoms with Gasteiger partial charge in [-0.25, -0.2) is 9.36 Å². The predicted octanol–water partition coefficient (Wildman–Crippen LogP) is 1.19. The number of carbonyl (C=O) groups excluding carboxylic acids is 4. The molecule has 1 fully saturated rings. The van der Waals surface area contributed by atoms with Gasteiger partial charge in [-0.1, -0.05) is 30.3 Å². The summed E-state index contributed by atoms with van der Waals surface area (Å²) >= 11 is 0. The molecule has 0 aliphatic carbocycles. The van der Waals surface area contributed by atoms with Crippen molar-refractivity contribution in [2.75, 3.05) is 26.8 Å². The lowest BCUT2D eigenvalue weighted by molar-refractivity contribution is -0.137. The number of hydrogen-bond donors (Lipinski definition) is 2. The first-order valence-corrected chi connectivity index (χ1v) is 13.7. The number of nitrogens with zero attached hydrogens (tertiary/aromatic N) is 1. The Labute approximate surface area is 226 Å². The molecular weight excluding hydrogens is 534 g/mol. The molecular formula is C24H30BN2O11P. The average Bonchev–Trinajstić information content (AvgIpc) is 3.39. The predicted molar refractivity (Wildman–Crippen MR) is 135 cm³/mol. The van der Waals surface area contributed by atoms with Crippen LogP contribution in [0.25, 0.3) is 0 Å². The topological polar surface area (TPSA) is 167 Å². The van der Waals surface area contributed by atoms with Crippen LogP contribution in [0.1, 0.15) is 24.8 Å². The molecule has 13 nitrogen and oxygen atoms in total. The normalized spacial score (nSPS) is 24.0. The number of imide groups is 1. The quantitative estimate of drug-likeness (QED) is 0.110. The SMILES string of the molecule is [B][C@@H]1O[C@H](COC(=O)OCc2ccccc2)C(OP(=O)(O)OC)[C@@H]1CCCNC(=O)CCN1C(=O)C=CC1=O. The van der Waals surface area contributed by atoms with Crippen LogP contribution in [0.3, 0.4) is 0 Å². The van der Waals surface area contributed by atoms with Crippen molar-refractivity contribution in [2.24, 2.45) is 5.92 Å². The average molecular weight is 564 g/mol. The van der Waals surface area contributed by atoms with Crippen molar-refractivity contribution in [2.45, 2.75) is 44.1 Å². The largest absolute Gasteiger partial charge is 0.508 e. The summed E-state index contributed by atoms with van der Waals surface area (Å²) in [6.07, 6.45) is -0.0643. The number of rotatable bonds is 14. The maximum atomic E-state index is 12.1. The first-order valence-electron chi connectivity index (χ1n) is 12.2. The van der Waals surface area contributed by atoms with Gasteiger partial charge in [-0.15, -0.1) is 0 Å². The molecule has 3 rings (SSSR count). The van der Waals surface area contributed by atoms with Crippen LogP contribution in [0.15, 0.2) is 42.5 Å². The summed E-state index contributed by atoms with van der Waals surface area (Å²) in [7, 11) is 2.65. The summed E-state index contributed by atoms with van der Waals surface area (Å²) < 4.78 is 37.8. The van der Waals surface area contributed by atoms with Crippen LogP contribution in [-0.4, -0.2) is 86.5 Å². The minimum atomic E-state index is -4.45. The molecule has 2 aliphatic heterocycles. The summed E-state index contributed by atoms with van der Waals surface area (Å²) in [5.74, 6) is -1.89. The lowest BCUT2D eigenvalue weighted by atomic mass is 9.82. The monoisotopic (exact) mass is 564 g/mol. The van der Waals surface area contributed by atoms with Gasteiger partial charge in [0, 0.05) is 50.7 Å². The highest BCUT2D eigenvalue weighted by molar-refractivity contribution is 7.47. The lowest BCUT2D eigenvalue weighted by Crippen LogP contribution is -2.36. The Morgan fingerprint density at radius 1 is 1.15 bits per heavy atom. The third-order valence-electron chi connectivity index (χ3n) is 6.09. The zero-order valence-corrected chi connectivity index (χ0v) is 22.2. The van der Waals surface area contributed by atoms with Gasteiger partial charge in [-0.3, -0.25) is 28.3 Å². The third kappa shape index (κ3) is 9.29. The standard InChI is InChI=1S/C24H30BN2O11P/c1-34-39(32,33)38-22-17(8-5-12-26-19(28)11-13-27-20(29)9-10-21(27)30)23(25)37-18(22)15-36-24(31)35-14-16-6-3-2-4-7-16/h2-4,6-7,9-10,17-18,22-23H,5,8,11-15H2,1H3,(H,26,28)(H,32,33)/t17-,18+,22?,23+/m0/s1. The zero-order chi connectivity index (χ0) is 28.4. The Morgan fingerprint density at radius 2 is 1.85 bits per heavy atom. The fourth-order valence-electron chi connectivity index (χ4n) is 4.08. The summed E-state index contributed by atoms with van der Waals surface area (Å²) in [5.41, 5.74) is 0.762.